The summed E-state index contributed by atoms with van der Waals surface area (Å²) in [6, 6.07) is 6.12. The van der Waals surface area contributed by atoms with Gasteiger partial charge in [0.15, 0.2) is 0 Å². The van der Waals surface area contributed by atoms with E-state index in [1.165, 1.54) is 0 Å². The fourth-order valence-corrected chi connectivity index (χ4v) is 2.14. The fraction of sp³-hybridized carbons (Fsp3) is 0.400. The minimum absolute atomic E-state index is 0.0936. The molecule has 0 atom stereocenters. The van der Waals surface area contributed by atoms with Crippen molar-refractivity contribution in [2.24, 2.45) is 0 Å². The zero-order chi connectivity index (χ0) is 10.1. The van der Waals surface area contributed by atoms with Gasteiger partial charge in [-0.2, -0.15) is 0 Å². The molecule has 3 heteroatoms. The number of anilines is 1. The first-order valence-electron chi connectivity index (χ1n) is 4.12. The van der Waals surface area contributed by atoms with Gasteiger partial charge in [-0.15, -0.1) is 0 Å². The van der Waals surface area contributed by atoms with E-state index < -0.39 is 0 Å². The number of hydrogen-bond donors (Lipinski definition) is 1. The Kier molecular flexibility index (Phi) is 3.41. The summed E-state index contributed by atoms with van der Waals surface area (Å²) in [4.78, 5) is 0. The van der Waals surface area contributed by atoms with E-state index in [-0.39, 0.29) is 5.54 Å². The van der Waals surface area contributed by atoms with Crippen molar-refractivity contribution in [3.05, 3.63) is 27.1 Å². The first kappa shape index (κ1) is 11.1. The van der Waals surface area contributed by atoms with Crippen LogP contribution in [0, 0.1) is 0 Å². The van der Waals surface area contributed by atoms with Crippen molar-refractivity contribution in [2.75, 3.05) is 5.32 Å². The van der Waals surface area contributed by atoms with Gasteiger partial charge in [-0.1, -0.05) is 15.9 Å². The quantitative estimate of drug-likeness (QED) is 0.810. The van der Waals surface area contributed by atoms with Crippen LogP contribution in [0.1, 0.15) is 20.8 Å². The Morgan fingerprint density at radius 1 is 1.15 bits per heavy atom. The standard InChI is InChI=1S/C10H13Br2N/c1-10(2,3)13-9-5-4-7(11)6-8(9)12/h4-6,13H,1-3H3. The molecule has 0 radical (unpaired) electrons. The van der Waals surface area contributed by atoms with E-state index >= 15 is 0 Å². The Labute approximate surface area is 96.2 Å². The molecule has 72 valence electrons. The number of halogens is 2. The predicted molar refractivity (Wildman–Crippen MR) is 65.2 cm³/mol. The second-order valence-corrected chi connectivity index (χ2v) is 5.77. The molecule has 13 heavy (non-hydrogen) atoms. The van der Waals surface area contributed by atoms with Crippen LogP contribution in [-0.4, -0.2) is 5.54 Å². The van der Waals surface area contributed by atoms with Crippen molar-refractivity contribution < 1.29 is 0 Å². The molecule has 0 fully saturated rings. The van der Waals surface area contributed by atoms with Crippen LogP contribution in [0.15, 0.2) is 27.1 Å². The van der Waals surface area contributed by atoms with Crippen molar-refractivity contribution in [2.45, 2.75) is 26.3 Å². The zero-order valence-electron chi connectivity index (χ0n) is 7.99. The van der Waals surface area contributed by atoms with Gasteiger partial charge < -0.3 is 5.32 Å². The van der Waals surface area contributed by atoms with E-state index in [9.17, 15) is 0 Å². The zero-order valence-corrected chi connectivity index (χ0v) is 11.2. The molecule has 0 saturated heterocycles. The third-order valence-corrected chi connectivity index (χ3v) is 2.59. The van der Waals surface area contributed by atoms with E-state index in [2.05, 4.69) is 64.0 Å². The van der Waals surface area contributed by atoms with Gasteiger partial charge >= 0.3 is 0 Å². The summed E-state index contributed by atoms with van der Waals surface area (Å²) in [5.74, 6) is 0. The molecule has 0 unspecified atom stereocenters. The summed E-state index contributed by atoms with van der Waals surface area (Å²) in [6.45, 7) is 6.42. The van der Waals surface area contributed by atoms with Crippen LogP contribution in [0.25, 0.3) is 0 Å². The highest BCUT2D eigenvalue weighted by Gasteiger charge is 2.10. The highest BCUT2D eigenvalue weighted by molar-refractivity contribution is 9.11. The van der Waals surface area contributed by atoms with Gasteiger partial charge in [0, 0.05) is 20.2 Å². The molecule has 0 aromatic heterocycles. The molecule has 0 bridgehead atoms. The van der Waals surface area contributed by atoms with E-state index in [4.69, 9.17) is 0 Å². The van der Waals surface area contributed by atoms with Crippen molar-refractivity contribution in [1.82, 2.24) is 0 Å². The summed E-state index contributed by atoms with van der Waals surface area (Å²) < 4.78 is 2.16. The smallest absolute Gasteiger partial charge is 0.0489 e. The Morgan fingerprint density at radius 2 is 1.77 bits per heavy atom. The fourth-order valence-electron chi connectivity index (χ4n) is 0.995. The minimum atomic E-state index is 0.0936. The highest BCUT2D eigenvalue weighted by Crippen LogP contribution is 2.28. The molecule has 1 nitrogen and oxygen atoms in total. The van der Waals surface area contributed by atoms with Crippen LogP contribution in [0.3, 0.4) is 0 Å². The van der Waals surface area contributed by atoms with Gasteiger partial charge in [0.05, 0.1) is 0 Å². The van der Waals surface area contributed by atoms with Gasteiger partial charge in [-0.05, 0) is 54.9 Å². The molecule has 0 aliphatic heterocycles. The normalized spacial score (nSPS) is 11.5. The lowest BCUT2D eigenvalue weighted by molar-refractivity contribution is 0.633. The SMILES string of the molecule is CC(C)(C)Nc1ccc(Br)cc1Br. The maximum Gasteiger partial charge on any atom is 0.0489 e. The first-order chi connectivity index (χ1) is 5.88. The van der Waals surface area contributed by atoms with Crippen LogP contribution < -0.4 is 5.32 Å². The van der Waals surface area contributed by atoms with Crippen LogP contribution in [-0.2, 0) is 0 Å². The Balaban J connectivity index is 2.90. The molecule has 0 aliphatic carbocycles. The molecule has 0 aliphatic rings. The molecule has 1 aromatic rings. The minimum Gasteiger partial charge on any atom is -0.380 e. The number of nitrogens with one attached hydrogen (secondary N) is 1. The third kappa shape index (κ3) is 3.69. The predicted octanol–water partition coefficient (Wildman–Crippen LogP) is 4.42. The average molecular weight is 307 g/mol. The summed E-state index contributed by atoms with van der Waals surface area (Å²) in [6.07, 6.45) is 0. The van der Waals surface area contributed by atoms with Crippen LogP contribution in [0.4, 0.5) is 5.69 Å². The number of rotatable bonds is 1. The molecule has 0 amide bonds. The van der Waals surface area contributed by atoms with E-state index in [0.717, 1.165) is 14.6 Å². The molecule has 0 spiro atoms. The van der Waals surface area contributed by atoms with Crippen LogP contribution >= 0.6 is 31.9 Å². The van der Waals surface area contributed by atoms with E-state index in [1.54, 1.807) is 0 Å². The molecule has 0 heterocycles. The van der Waals surface area contributed by atoms with Gasteiger partial charge in [0.25, 0.3) is 0 Å². The van der Waals surface area contributed by atoms with Crippen molar-refractivity contribution in [3.63, 3.8) is 0 Å². The van der Waals surface area contributed by atoms with Gasteiger partial charge in [0.2, 0.25) is 0 Å². The van der Waals surface area contributed by atoms with E-state index in [0.29, 0.717) is 0 Å². The van der Waals surface area contributed by atoms with Crippen molar-refractivity contribution in [1.29, 1.82) is 0 Å². The van der Waals surface area contributed by atoms with Crippen LogP contribution in [0.2, 0.25) is 0 Å². The Hall–Kier alpha value is -0.0200. The number of benzene rings is 1. The largest absolute Gasteiger partial charge is 0.380 e. The molecule has 1 rings (SSSR count). The van der Waals surface area contributed by atoms with Crippen LogP contribution in [0.5, 0.6) is 0 Å². The lowest BCUT2D eigenvalue weighted by Crippen LogP contribution is -2.26. The lowest BCUT2D eigenvalue weighted by Gasteiger charge is -2.23. The van der Waals surface area contributed by atoms with Crippen molar-refractivity contribution in [3.8, 4) is 0 Å². The van der Waals surface area contributed by atoms with Gasteiger partial charge in [0.1, 0.15) is 0 Å². The molecular formula is C10H13Br2N. The maximum absolute atomic E-state index is 3.51. The summed E-state index contributed by atoms with van der Waals surface area (Å²) in [7, 11) is 0. The van der Waals surface area contributed by atoms with Crippen molar-refractivity contribution >= 4 is 37.5 Å². The second kappa shape index (κ2) is 4.01. The van der Waals surface area contributed by atoms with Gasteiger partial charge in [-0.25, -0.2) is 0 Å². The summed E-state index contributed by atoms with van der Waals surface area (Å²) in [5, 5.41) is 3.41. The topological polar surface area (TPSA) is 12.0 Å². The maximum atomic E-state index is 3.51. The Bertz CT molecular complexity index is 302. The third-order valence-electron chi connectivity index (χ3n) is 1.44. The number of hydrogen-bond acceptors (Lipinski definition) is 1. The van der Waals surface area contributed by atoms with E-state index in [1.807, 2.05) is 12.1 Å². The molecule has 0 saturated carbocycles. The first-order valence-corrected chi connectivity index (χ1v) is 5.70. The highest BCUT2D eigenvalue weighted by atomic mass is 79.9. The lowest BCUT2D eigenvalue weighted by atomic mass is 10.1. The summed E-state index contributed by atoms with van der Waals surface area (Å²) in [5.41, 5.74) is 1.21. The molecule has 1 N–H and O–H groups in total. The second-order valence-electron chi connectivity index (χ2n) is 4.00. The summed E-state index contributed by atoms with van der Waals surface area (Å²) >= 11 is 6.93. The van der Waals surface area contributed by atoms with Gasteiger partial charge in [-0.3, -0.25) is 0 Å². The monoisotopic (exact) mass is 305 g/mol. The molecule has 1 aromatic carbocycles. The molecular weight excluding hydrogens is 294 g/mol. The average Bonchev–Trinajstić information content (AvgIpc) is 1.93. The Morgan fingerprint density at radius 3 is 2.23 bits per heavy atom.